The number of hydrogen-bond donors (Lipinski definition) is 0. The molecule has 142 valence electrons. The Kier molecular flexibility index (Phi) is 5.10. The normalized spacial score (nSPS) is 22.3. The number of cyclic esters (lactones) is 2. The summed E-state index contributed by atoms with van der Waals surface area (Å²) in [4.78, 5) is 25.6. The van der Waals surface area contributed by atoms with Gasteiger partial charge in [-0.3, -0.25) is 9.59 Å². The maximum Gasteiger partial charge on any atom is 0.324 e. The predicted molar refractivity (Wildman–Crippen MR) is 97.5 cm³/mol. The van der Waals surface area contributed by atoms with E-state index < -0.39 is 29.1 Å². The van der Waals surface area contributed by atoms with Gasteiger partial charge in [0.1, 0.15) is 11.5 Å². The fourth-order valence-electron chi connectivity index (χ4n) is 3.75. The Morgan fingerprint density at radius 3 is 1.92 bits per heavy atom. The Balaban J connectivity index is 2.11. The van der Waals surface area contributed by atoms with E-state index in [9.17, 15) is 9.59 Å². The Bertz CT molecular complexity index is 666. The van der Waals surface area contributed by atoms with Crippen LogP contribution < -0.4 is 9.47 Å². The highest BCUT2D eigenvalue weighted by Gasteiger charge is 2.56. The van der Waals surface area contributed by atoms with Crippen molar-refractivity contribution in [3.05, 3.63) is 23.8 Å². The molecule has 6 nitrogen and oxygen atoms in total. The summed E-state index contributed by atoms with van der Waals surface area (Å²) in [5.41, 5.74) is 0.144. The number of thioether (sulfide) groups is 1. The van der Waals surface area contributed by atoms with Crippen molar-refractivity contribution in [2.75, 3.05) is 25.7 Å². The second-order valence-electron chi connectivity index (χ2n) is 7.04. The van der Waals surface area contributed by atoms with Crippen LogP contribution in [0.15, 0.2) is 18.2 Å². The molecule has 1 aromatic carbocycles. The van der Waals surface area contributed by atoms with E-state index in [-0.39, 0.29) is 0 Å². The van der Waals surface area contributed by atoms with Gasteiger partial charge in [0.2, 0.25) is 0 Å². The van der Waals surface area contributed by atoms with Crippen LogP contribution >= 0.6 is 11.8 Å². The van der Waals surface area contributed by atoms with E-state index in [1.165, 1.54) is 0 Å². The standard InChI is InChI=1S/C19H24O6S/c1-18(2)24-16(20)15(17(21)25-18)19(5-7-26-8-6-19)12-9-13(22-3)11-14(10-12)23-4/h9-11,15H,5-8H2,1-4H3. The molecule has 0 aliphatic carbocycles. The largest absolute Gasteiger partial charge is 0.497 e. The summed E-state index contributed by atoms with van der Waals surface area (Å²) in [5, 5.41) is 0. The Morgan fingerprint density at radius 2 is 1.46 bits per heavy atom. The van der Waals surface area contributed by atoms with Crippen LogP contribution in [0.2, 0.25) is 0 Å². The summed E-state index contributed by atoms with van der Waals surface area (Å²) in [5.74, 6) is -0.348. The van der Waals surface area contributed by atoms with Crippen molar-refractivity contribution in [3.8, 4) is 11.5 Å². The highest BCUT2D eigenvalue weighted by atomic mass is 32.2. The Hall–Kier alpha value is -1.89. The van der Waals surface area contributed by atoms with E-state index in [1.807, 2.05) is 23.9 Å². The molecule has 2 saturated heterocycles. The lowest BCUT2D eigenvalue weighted by Gasteiger charge is -2.45. The molecular weight excluding hydrogens is 356 g/mol. The summed E-state index contributed by atoms with van der Waals surface area (Å²) in [6.45, 7) is 3.13. The van der Waals surface area contributed by atoms with Crippen molar-refractivity contribution < 1.29 is 28.5 Å². The summed E-state index contributed by atoms with van der Waals surface area (Å²) >= 11 is 1.81. The molecule has 0 unspecified atom stereocenters. The number of benzene rings is 1. The monoisotopic (exact) mass is 380 g/mol. The van der Waals surface area contributed by atoms with Crippen LogP contribution in [0, 0.1) is 5.92 Å². The van der Waals surface area contributed by atoms with Crippen molar-refractivity contribution >= 4 is 23.7 Å². The fraction of sp³-hybridized carbons (Fsp3) is 0.579. The average molecular weight is 380 g/mol. The molecule has 0 atom stereocenters. The first kappa shape index (κ1) is 18.9. The van der Waals surface area contributed by atoms with Gasteiger partial charge in [0.25, 0.3) is 5.79 Å². The summed E-state index contributed by atoms with van der Waals surface area (Å²) < 4.78 is 21.6. The Morgan fingerprint density at radius 1 is 0.962 bits per heavy atom. The van der Waals surface area contributed by atoms with Crippen molar-refractivity contribution in [3.63, 3.8) is 0 Å². The van der Waals surface area contributed by atoms with Crippen LogP contribution in [0.5, 0.6) is 11.5 Å². The second kappa shape index (κ2) is 7.02. The number of ether oxygens (including phenoxy) is 4. The quantitative estimate of drug-likeness (QED) is 0.587. The molecule has 0 N–H and O–H groups in total. The predicted octanol–water partition coefficient (Wildman–Crippen LogP) is 2.92. The summed E-state index contributed by atoms with van der Waals surface area (Å²) in [7, 11) is 3.15. The molecule has 2 heterocycles. The van der Waals surface area contributed by atoms with Crippen molar-refractivity contribution in [1.29, 1.82) is 0 Å². The molecule has 0 spiro atoms. The smallest absolute Gasteiger partial charge is 0.324 e. The number of esters is 2. The van der Waals surface area contributed by atoms with Gasteiger partial charge in [-0.25, -0.2) is 0 Å². The fourth-order valence-corrected chi connectivity index (χ4v) is 4.97. The number of carbonyl (C=O) groups excluding carboxylic acids is 2. The first-order valence-electron chi connectivity index (χ1n) is 8.58. The molecule has 0 bridgehead atoms. The van der Waals surface area contributed by atoms with Gasteiger partial charge in [-0.05, 0) is 42.0 Å². The molecule has 1 aromatic rings. The number of hydrogen-bond acceptors (Lipinski definition) is 7. The minimum atomic E-state index is -1.23. The zero-order valence-corrected chi connectivity index (χ0v) is 16.3. The second-order valence-corrected chi connectivity index (χ2v) is 8.27. The van der Waals surface area contributed by atoms with Crippen molar-refractivity contribution in [2.24, 2.45) is 5.92 Å². The van der Waals surface area contributed by atoms with Crippen molar-refractivity contribution in [2.45, 2.75) is 37.9 Å². The Labute approximate surface area is 157 Å². The average Bonchev–Trinajstić information content (AvgIpc) is 2.60. The van der Waals surface area contributed by atoms with E-state index in [1.54, 1.807) is 34.1 Å². The van der Waals surface area contributed by atoms with Crippen LogP contribution in [0.25, 0.3) is 0 Å². The van der Waals surface area contributed by atoms with Gasteiger partial charge >= 0.3 is 11.9 Å². The lowest BCUT2D eigenvalue weighted by atomic mass is 9.65. The number of carbonyl (C=O) groups is 2. The van der Waals surface area contributed by atoms with Crippen LogP contribution in [-0.2, 0) is 24.5 Å². The van der Waals surface area contributed by atoms with Crippen LogP contribution in [0.4, 0.5) is 0 Å². The van der Waals surface area contributed by atoms with Gasteiger partial charge in [-0.2, -0.15) is 11.8 Å². The highest BCUT2D eigenvalue weighted by molar-refractivity contribution is 7.99. The zero-order chi connectivity index (χ0) is 18.9. The van der Waals surface area contributed by atoms with E-state index in [0.29, 0.717) is 24.3 Å². The van der Waals surface area contributed by atoms with E-state index >= 15 is 0 Å². The van der Waals surface area contributed by atoms with Gasteiger partial charge in [-0.15, -0.1) is 0 Å². The topological polar surface area (TPSA) is 71.1 Å². The summed E-state index contributed by atoms with van der Waals surface area (Å²) in [6, 6.07) is 5.52. The molecule has 26 heavy (non-hydrogen) atoms. The molecule has 0 aromatic heterocycles. The van der Waals surface area contributed by atoms with E-state index in [0.717, 1.165) is 17.1 Å². The third kappa shape index (κ3) is 3.37. The highest BCUT2D eigenvalue weighted by Crippen LogP contribution is 2.48. The van der Waals surface area contributed by atoms with Crippen molar-refractivity contribution in [1.82, 2.24) is 0 Å². The number of methoxy groups -OCH3 is 2. The van der Waals surface area contributed by atoms with Gasteiger partial charge in [0, 0.05) is 25.3 Å². The SMILES string of the molecule is COc1cc(OC)cc(C2(C3C(=O)OC(C)(C)OC3=O)CCSCC2)c1. The van der Waals surface area contributed by atoms with E-state index in [2.05, 4.69) is 0 Å². The molecule has 0 amide bonds. The maximum atomic E-state index is 12.8. The first-order chi connectivity index (χ1) is 12.3. The summed E-state index contributed by atoms with van der Waals surface area (Å²) in [6.07, 6.45) is 1.34. The molecular formula is C19H24O6S. The molecule has 2 fully saturated rings. The van der Waals surface area contributed by atoms with Gasteiger partial charge in [0.05, 0.1) is 14.2 Å². The molecule has 0 saturated carbocycles. The maximum absolute atomic E-state index is 12.8. The van der Waals surface area contributed by atoms with Crippen LogP contribution in [0.1, 0.15) is 32.3 Å². The minimum Gasteiger partial charge on any atom is -0.497 e. The molecule has 3 rings (SSSR count). The molecule has 2 aliphatic rings. The van der Waals surface area contributed by atoms with Crippen LogP contribution in [-0.4, -0.2) is 43.5 Å². The van der Waals surface area contributed by atoms with Gasteiger partial charge < -0.3 is 18.9 Å². The molecule has 0 radical (unpaired) electrons. The van der Waals surface area contributed by atoms with Gasteiger partial charge in [-0.1, -0.05) is 0 Å². The van der Waals surface area contributed by atoms with E-state index in [4.69, 9.17) is 18.9 Å². The minimum absolute atomic E-state index is 0.528. The molecule has 2 aliphatic heterocycles. The third-order valence-electron chi connectivity index (χ3n) is 5.03. The zero-order valence-electron chi connectivity index (χ0n) is 15.5. The first-order valence-corrected chi connectivity index (χ1v) is 9.74. The third-order valence-corrected chi connectivity index (χ3v) is 6.01. The lowest BCUT2D eigenvalue weighted by Crippen LogP contribution is -2.55. The molecule has 7 heteroatoms. The number of rotatable bonds is 4. The lowest BCUT2D eigenvalue weighted by molar-refractivity contribution is -0.244. The van der Waals surface area contributed by atoms with Crippen LogP contribution in [0.3, 0.4) is 0 Å². The van der Waals surface area contributed by atoms with Gasteiger partial charge in [0.15, 0.2) is 5.92 Å².